The Morgan fingerprint density at radius 1 is 1.26 bits per heavy atom. The molecule has 1 aromatic heterocycles. The van der Waals surface area contributed by atoms with Crippen LogP contribution in [0.15, 0.2) is 55.0 Å². The highest BCUT2D eigenvalue weighted by Crippen LogP contribution is 2.29. The summed E-state index contributed by atoms with van der Waals surface area (Å²) in [4.78, 5) is 16.5. The van der Waals surface area contributed by atoms with Crippen LogP contribution in [0.4, 0.5) is 0 Å². The lowest BCUT2D eigenvalue weighted by molar-refractivity contribution is -0.126. The Labute approximate surface area is 112 Å². The van der Waals surface area contributed by atoms with E-state index < -0.39 is 0 Å². The molecule has 0 spiro atoms. The molecule has 0 unspecified atom stereocenters. The van der Waals surface area contributed by atoms with E-state index in [0.29, 0.717) is 6.42 Å². The molecule has 3 rings (SSSR count). The number of H-pyrrole nitrogens is 1. The van der Waals surface area contributed by atoms with E-state index in [9.17, 15) is 4.79 Å². The van der Waals surface area contributed by atoms with E-state index in [1.54, 1.807) is 4.90 Å². The van der Waals surface area contributed by atoms with E-state index in [2.05, 4.69) is 29.3 Å². The van der Waals surface area contributed by atoms with Crippen LogP contribution in [0.1, 0.15) is 24.8 Å². The van der Waals surface area contributed by atoms with Gasteiger partial charge in [-0.05, 0) is 11.6 Å². The van der Waals surface area contributed by atoms with Crippen molar-refractivity contribution in [1.82, 2.24) is 9.88 Å². The van der Waals surface area contributed by atoms with Crippen molar-refractivity contribution in [3.8, 4) is 0 Å². The molecular formula is C16H16N2O. The Hall–Kier alpha value is -2.29. The molecule has 3 heteroatoms. The fourth-order valence-electron chi connectivity index (χ4n) is 2.41. The van der Waals surface area contributed by atoms with Crippen molar-refractivity contribution >= 4 is 16.8 Å². The largest absolute Gasteiger partial charge is 0.361 e. The third-order valence-electron chi connectivity index (χ3n) is 3.48. The summed E-state index contributed by atoms with van der Waals surface area (Å²) in [7, 11) is 0. The van der Waals surface area contributed by atoms with Crippen LogP contribution in [-0.2, 0) is 4.79 Å². The molecule has 19 heavy (non-hydrogen) atoms. The maximum absolute atomic E-state index is 11.6. The van der Waals surface area contributed by atoms with Crippen LogP contribution in [-0.4, -0.2) is 15.8 Å². The summed E-state index contributed by atoms with van der Waals surface area (Å²) in [5, 5.41) is 1.23. The maximum Gasteiger partial charge on any atom is 0.230 e. The van der Waals surface area contributed by atoms with Gasteiger partial charge in [0.1, 0.15) is 0 Å². The van der Waals surface area contributed by atoms with Crippen molar-refractivity contribution in [1.29, 1.82) is 0 Å². The predicted molar refractivity (Wildman–Crippen MR) is 76.5 cm³/mol. The first-order valence-corrected chi connectivity index (χ1v) is 6.53. The quantitative estimate of drug-likeness (QED) is 0.872. The van der Waals surface area contributed by atoms with E-state index in [4.69, 9.17) is 0 Å². The predicted octanol–water partition coefficient (Wildman–Crippen LogP) is 3.53. The second kappa shape index (κ2) is 4.76. The first-order valence-electron chi connectivity index (χ1n) is 6.53. The lowest BCUT2D eigenvalue weighted by Crippen LogP contribution is -2.20. The third-order valence-corrected chi connectivity index (χ3v) is 3.48. The molecule has 0 bridgehead atoms. The molecule has 0 fully saturated rings. The van der Waals surface area contributed by atoms with Gasteiger partial charge in [0.25, 0.3) is 0 Å². The fraction of sp³-hybridized carbons (Fsp3) is 0.188. The minimum atomic E-state index is 0.116. The Kier molecular flexibility index (Phi) is 2.95. The van der Waals surface area contributed by atoms with Crippen LogP contribution in [0.3, 0.4) is 0 Å². The first kappa shape index (κ1) is 11.8. The molecule has 1 aromatic carbocycles. The molecule has 0 radical (unpaired) electrons. The fourth-order valence-corrected chi connectivity index (χ4v) is 2.41. The average molecular weight is 252 g/mol. The molecule has 3 nitrogen and oxygen atoms in total. The molecule has 2 heterocycles. The van der Waals surface area contributed by atoms with Crippen molar-refractivity contribution < 1.29 is 4.79 Å². The van der Waals surface area contributed by atoms with Crippen molar-refractivity contribution in [2.24, 2.45) is 0 Å². The highest BCUT2D eigenvalue weighted by atomic mass is 16.2. The molecule has 2 aromatic rings. The van der Waals surface area contributed by atoms with Crippen LogP contribution in [0.2, 0.25) is 0 Å². The number of rotatable bonds is 2. The van der Waals surface area contributed by atoms with Crippen LogP contribution in [0.25, 0.3) is 10.9 Å². The lowest BCUT2D eigenvalue weighted by Gasteiger charge is -2.19. The summed E-state index contributed by atoms with van der Waals surface area (Å²) in [6, 6.07) is 8.26. The van der Waals surface area contributed by atoms with Crippen LogP contribution in [0.5, 0.6) is 0 Å². The number of carbonyl (C=O) groups is 1. The van der Waals surface area contributed by atoms with E-state index >= 15 is 0 Å². The Balaban J connectivity index is 1.89. The van der Waals surface area contributed by atoms with Crippen molar-refractivity contribution in [2.45, 2.75) is 19.3 Å². The van der Waals surface area contributed by atoms with Gasteiger partial charge in [-0.3, -0.25) is 9.69 Å². The third kappa shape index (κ3) is 2.08. The van der Waals surface area contributed by atoms with E-state index in [1.165, 1.54) is 10.9 Å². The summed E-state index contributed by atoms with van der Waals surface area (Å²) in [5.41, 5.74) is 2.39. The summed E-state index contributed by atoms with van der Waals surface area (Å²) >= 11 is 0. The van der Waals surface area contributed by atoms with Gasteiger partial charge >= 0.3 is 0 Å². The zero-order valence-electron chi connectivity index (χ0n) is 10.8. The average Bonchev–Trinajstić information content (AvgIpc) is 2.90. The number of fused-ring (bicyclic) bond motifs is 1. The molecule has 1 aliphatic rings. The van der Waals surface area contributed by atoms with Crippen molar-refractivity contribution in [3.63, 3.8) is 0 Å². The highest BCUT2D eigenvalue weighted by molar-refractivity contribution is 5.84. The number of aromatic nitrogens is 1. The van der Waals surface area contributed by atoms with E-state index in [0.717, 1.165) is 5.52 Å². The van der Waals surface area contributed by atoms with Gasteiger partial charge in [0.15, 0.2) is 0 Å². The maximum atomic E-state index is 11.6. The minimum Gasteiger partial charge on any atom is -0.361 e. The molecule has 0 saturated heterocycles. The summed E-state index contributed by atoms with van der Waals surface area (Å²) in [6.07, 6.45) is 10.4. The molecule has 1 N–H and O–H groups in total. The molecule has 1 amide bonds. The van der Waals surface area contributed by atoms with Gasteiger partial charge in [-0.15, -0.1) is 0 Å². The van der Waals surface area contributed by atoms with Crippen LogP contribution in [0, 0.1) is 0 Å². The number of benzene rings is 1. The lowest BCUT2D eigenvalue weighted by atomic mass is 9.97. The number of nitrogens with one attached hydrogen (secondary N) is 1. The van der Waals surface area contributed by atoms with Crippen LogP contribution < -0.4 is 0 Å². The number of nitrogens with zero attached hydrogens (tertiary/aromatic N) is 1. The zero-order valence-corrected chi connectivity index (χ0v) is 10.8. The molecule has 96 valence electrons. The standard InChI is InChI=1S/C16H16N2O/c1-2-16(19)18-9-7-12(8-10-18)14-11-17-15-6-4-3-5-13(14)15/h3-12,17H,2H2,1H3. The second-order valence-electron chi connectivity index (χ2n) is 4.65. The van der Waals surface area contributed by atoms with Gasteiger partial charge in [-0.25, -0.2) is 0 Å². The van der Waals surface area contributed by atoms with Gasteiger partial charge in [0.2, 0.25) is 5.91 Å². The van der Waals surface area contributed by atoms with Gasteiger partial charge in [0, 0.05) is 41.8 Å². The number of aromatic amines is 1. The van der Waals surface area contributed by atoms with Crippen LogP contribution >= 0.6 is 0 Å². The number of para-hydroxylation sites is 1. The summed E-state index contributed by atoms with van der Waals surface area (Å²) in [5.74, 6) is 0.335. The SMILES string of the molecule is CCC(=O)N1C=CC(c2c[nH]c3ccccc23)C=C1. The Morgan fingerprint density at radius 2 is 2.00 bits per heavy atom. The molecule has 0 atom stereocenters. The Morgan fingerprint density at radius 3 is 2.74 bits per heavy atom. The molecule has 0 aliphatic carbocycles. The minimum absolute atomic E-state index is 0.116. The Bertz CT molecular complexity index is 652. The molecular weight excluding hydrogens is 236 g/mol. The van der Waals surface area contributed by atoms with E-state index in [-0.39, 0.29) is 11.8 Å². The number of allylic oxidation sites excluding steroid dienone is 2. The van der Waals surface area contributed by atoms with Gasteiger partial charge in [-0.2, -0.15) is 0 Å². The van der Waals surface area contributed by atoms with Gasteiger partial charge in [0.05, 0.1) is 0 Å². The smallest absolute Gasteiger partial charge is 0.230 e. The van der Waals surface area contributed by atoms with Crippen molar-refractivity contribution in [3.05, 3.63) is 60.6 Å². The number of carbonyl (C=O) groups excluding carboxylic acids is 1. The molecule has 0 saturated carbocycles. The number of hydrogen-bond donors (Lipinski definition) is 1. The van der Waals surface area contributed by atoms with Gasteiger partial charge in [-0.1, -0.05) is 37.3 Å². The number of amides is 1. The summed E-state index contributed by atoms with van der Waals surface area (Å²) < 4.78 is 0. The monoisotopic (exact) mass is 252 g/mol. The second-order valence-corrected chi connectivity index (χ2v) is 4.65. The zero-order chi connectivity index (χ0) is 13.2. The molecule has 1 aliphatic heterocycles. The van der Waals surface area contributed by atoms with E-state index in [1.807, 2.05) is 37.7 Å². The normalized spacial score (nSPS) is 15.3. The van der Waals surface area contributed by atoms with Crippen molar-refractivity contribution in [2.75, 3.05) is 0 Å². The van der Waals surface area contributed by atoms with Gasteiger partial charge < -0.3 is 4.98 Å². The summed E-state index contributed by atoms with van der Waals surface area (Å²) in [6.45, 7) is 1.87. The number of hydrogen-bond acceptors (Lipinski definition) is 1. The first-order chi connectivity index (χ1) is 9.29. The highest BCUT2D eigenvalue weighted by Gasteiger charge is 2.15. The topological polar surface area (TPSA) is 36.1 Å².